The van der Waals surface area contributed by atoms with E-state index < -0.39 is 24.1 Å². The van der Waals surface area contributed by atoms with E-state index in [-0.39, 0.29) is 24.2 Å². The number of hydrogen-bond acceptors (Lipinski definition) is 7. The number of ether oxygens (including phenoxy) is 1. The molecule has 1 atom stereocenters. The second-order valence-electron chi connectivity index (χ2n) is 11.2. The van der Waals surface area contributed by atoms with Gasteiger partial charge in [-0.3, -0.25) is 14.4 Å². The predicted molar refractivity (Wildman–Crippen MR) is 146 cm³/mol. The van der Waals surface area contributed by atoms with Crippen LogP contribution in [-0.4, -0.2) is 83.8 Å². The maximum absolute atomic E-state index is 13.7. The lowest BCUT2D eigenvalue weighted by Gasteiger charge is -2.24. The van der Waals surface area contributed by atoms with E-state index in [1.165, 1.54) is 17.0 Å². The van der Waals surface area contributed by atoms with Crippen molar-refractivity contribution in [2.75, 3.05) is 40.3 Å². The Morgan fingerprint density at radius 1 is 1.05 bits per heavy atom. The summed E-state index contributed by atoms with van der Waals surface area (Å²) in [5, 5.41) is 1.75. The summed E-state index contributed by atoms with van der Waals surface area (Å²) < 4.78 is 19.4. The van der Waals surface area contributed by atoms with Gasteiger partial charge in [0.2, 0.25) is 17.4 Å². The molecule has 214 valence electrons. The molecule has 0 radical (unpaired) electrons. The molecule has 2 aromatic carbocycles. The molecule has 3 heterocycles. The third-order valence-electron chi connectivity index (χ3n) is 8.37. The minimum atomic E-state index is -1.43. The summed E-state index contributed by atoms with van der Waals surface area (Å²) >= 11 is 0. The zero-order valence-electron chi connectivity index (χ0n) is 23.1. The summed E-state index contributed by atoms with van der Waals surface area (Å²) in [6.45, 7) is 1.13. The number of imide groups is 1. The Labute approximate surface area is 237 Å². The lowest BCUT2D eigenvalue weighted by molar-refractivity contribution is -0.142. The molecule has 1 N–H and O–H groups in total. The minimum absolute atomic E-state index is 0.0217. The molecule has 2 aromatic rings. The van der Waals surface area contributed by atoms with Crippen molar-refractivity contribution in [3.05, 3.63) is 76.2 Å². The SMILES string of the molecule is CN(C)C(=O)CN1C=C(c2ccc3c(c2)CCC32OC(=O)N(CC(=O)N3CCCc4cc(F)ccc4C3)C2=O)CN1. The number of fused-ring (bicyclic) bond motifs is 3. The Morgan fingerprint density at radius 3 is 2.68 bits per heavy atom. The number of nitrogens with one attached hydrogen (secondary N) is 1. The van der Waals surface area contributed by atoms with E-state index in [1.807, 2.05) is 24.4 Å². The first kappa shape index (κ1) is 26.9. The molecule has 1 fully saturated rings. The third kappa shape index (κ3) is 4.84. The smallest absolute Gasteiger partial charge is 0.418 e. The number of hydrazine groups is 1. The monoisotopic (exact) mass is 561 g/mol. The Balaban J connectivity index is 1.16. The molecule has 1 aliphatic carbocycles. The van der Waals surface area contributed by atoms with Crippen LogP contribution in [0, 0.1) is 5.82 Å². The van der Waals surface area contributed by atoms with E-state index in [0.717, 1.165) is 32.7 Å². The molecule has 3 aliphatic heterocycles. The highest BCUT2D eigenvalue weighted by molar-refractivity contribution is 6.06. The van der Waals surface area contributed by atoms with E-state index in [4.69, 9.17) is 4.74 Å². The number of rotatable bonds is 5. The number of halogens is 1. The fourth-order valence-corrected chi connectivity index (χ4v) is 6.06. The molecule has 10 nitrogen and oxygen atoms in total. The zero-order valence-corrected chi connectivity index (χ0v) is 23.1. The van der Waals surface area contributed by atoms with Crippen LogP contribution < -0.4 is 5.43 Å². The van der Waals surface area contributed by atoms with Crippen molar-refractivity contribution in [3.63, 3.8) is 0 Å². The second-order valence-corrected chi connectivity index (χ2v) is 11.2. The lowest BCUT2D eigenvalue weighted by Crippen LogP contribution is -2.44. The predicted octanol–water partition coefficient (Wildman–Crippen LogP) is 2.17. The summed E-state index contributed by atoms with van der Waals surface area (Å²) in [5.41, 5.74) is 7.02. The van der Waals surface area contributed by atoms with Gasteiger partial charge in [0.15, 0.2) is 0 Å². The summed E-state index contributed by atoms with van der Waals surface area (Å²) in [7, 11) is 3.43. The van der Waals surface area contributed by atoms with Crippen LogP contribution in [0.2, 0.25) is 0 Å². The van der Waals surface area contributed by atoms with Crippen molar-refractivity contribution >= 4 is 29.4 Å². The highest BCUT2D eigenvalue weighted by Crippen LogP contribution is 2.46. The molecular weight excluding hydrogens is 529 g/mol. The number of likely N-dealkylation sites (N-methyl/N-ethyl adjacent to an activating group) is 1. The standard InChI is InChI=1S/C30H32FN5O5/c1-33(2)26(37)17-35-16-23(14-32-35)20-6-8-25-21(12-20)9-10-30(25)28(39)36(29(40)41-30)18-27(38)34-11-3-4-19-13-24(31)7-5-22(19)15-34/h5-8,12-13,16,32H,3-4,9-11,14-15,17-18H2,1-2H3. The highest BCUT2D eigenvalue weighted by Gasteiger charge is 2.58. The van der Waals surface area contributed by atoms with Gasteiger partial charge in [-0.25, -0.2) is 19.5 Å². The molecule has 1 saturated heterocycles. The summed E-state index contributed by atoms with van der Waals surface area (Å²) in [6.07, 6.45) is 3.26. The van der Waals surface area contributed by atoms with Crippen molar-refractivity contribution in [3.8, 4) is 0 Å². The fourth-order valence-electron chi connectivity index (χ4n) is 6.06. The maximum atomic E-state index is 13.7. The zero-order chi connectivity index (χ0) is 28.9. The Hall–Kier alpha value is -4.25. The van der Waals surface area contributed by atoms with Crippen molar-refractivity contribution in [1.29, 1.82) is 0 Å². The largest absolute Gasteiger partial charge is 0.427 e. The number of carbonyl (C=O) groups is 4. The van der Waals surface area contributed by atoms with Crippen LogP contribution in [0.3, 0.4) is 0 Å². The first-order valence-electron chi connectivity index (χ1n) is 13.8. The summed E-state index contributed by atoms with van der Waals surface area (Å²) in [5.74, 6) is -1.20. The topological polar surface area (TPSA) is 102 Å². The average molecular weight is 562 g/mol. The second kappa shape index (κ2) is 10.3. The van der Waals surface area contributed by atoms with Crippen LogP contribution in [0.1, 0.15) is 40.7 Å². The lowest BCUT2D eigenvalue weighted by atomic mass is 9.93. The van der Waals surface area contributed by atoms with Crippen LogP contribution in [-0.2, 0) is 44.1 Å². The normalized spacial score (nSPS) is 21.5. The third-order valence-corrected chi connectivity index (χ3v) is 8.37. The molecule has 4 aliphatic rings. The van der Waals surface area contributed by atoms with Crippen LogP contribution in [0.25, 0.3) is 5.57 Å². The molecule has 0 aromatic heterocycles. The van der Waals surface area contributed by atoms with Gasteiger partial charge in [-0.1, -0.05) is 24.3 Å². The van der Waals surface area contributed by atoms with Gasteiger partial charge in [0.25, 0.3) is 5.91 Å². The fraction of sp³-hybridized carbons (Fsp3) is 0.400. The van der Waals surface area contributed by atoms with Crippen LogP contribution in [0.4, 0.5) is 9.18 Å². The van der Waals surface area contributed by atoms with E-state index in [9.17, 15) is 23.6 Å². The van der Waals surface area contributed by atoms with Crippen molar-refractivity contribution in [1.82, 2.24) is 25.1 Å². The molecule has 1 unspecified atom stereocenters. The number of carbonyl (C=O) groups excluding carboxylic acids is 4. The quantitative estimate of drug-likeness (QED) is 0.597. The van der Waals surface area contributed by atoms with Gasteiger partial charge in [0.1, 0.15) is 18.9 Å². The molecule has 1 spiro atoms. The average Bonchev–Trinajstić information content (AvgIpc) is 3.57. The van der Waals surface area contributed by atoms with Crippen molar-refractivity contribution in [2.45, 2.75) is 37.8 Å². The van der Waals surface area contributed by atoms with Gasteiger partial charge < -0.3 is 19.5 Å². The first-order valence-corrected chi connectivity index (χ1v) is 13.8. The van der Waals surface area contributed by atoms with Gasteiger partial charge in [0.05, 0.1) is 0 Å². The van der Waals surface area contributed by atoms with Crippen LogP contribution in [0.15, 0.2) is 42.6 Å². The number of nitrogens with zero attached hydrogens (tertiary/aromatic N) is 4. The van der Waals surface area contributed by atoms with E-state index in [1.54, 1.807) is 30.1 Å². The Morgan fingerprint density at radius 2 is 1.88 bits per heavy atom. The molecule has 0 saturated carbocycles. The van der Waals surface area contributed by atoms with Crippen LogP contribution in [0.5, 0.6) is 0 Å². The number of benzene rings is 2. The van der Waals surface area contributed by atoms with Crippen molar-refractivity contribution in [2.24, 2.45) is 0 Å². The molecular formula is C30H32FN5O5. The number of amides is 4. The summed E-state index contributed by atoms with van der Waals surface area (Å²) in [4.78, 5) is 56.0. The molecule has 4 amide bonds. The maximum Gasteiger partial charge on any atom is 0.418 e. The van der Waals surface area contributed by atoms with Crippen molar-refractivity contribution < 1.29 is 28.3 Å². The molecule has 6 rings (SSSR count). The number of aryl methyl sites for hydroxylation is 2. The Bertz CT molecular complexity index is 1490. The van der Waals surface area contributed by atoms with Crippen LogP contribution >= 0.6 is 0 Å². The number of hydrogen-bond donors (Lipinski definition) is 1. The summed E-state index contributed by atoms with van der Waals surface area (Å²) in [6, 6.07) is 10.3. The Kier molecular flexibility index (Phi) is 6.77. The van der Waals surface area contributed by atoms with Gasteiger partial charge >= 0.3 is 6.09 Å². The van der Waals surface area contributed by atoms with E-state index in [2.05, 4.69) is 5.43 Å². The van der Waals surface area contributed by atoms with Gasteiger partial charge in [-0.2, -0.15) is 0 Å². The first-order chi connectivity index (χ1) is 19.6. The van der Waals surface area contributed by atoms with Gasteiger partial charge in [0, 0.05) is 51.9 Å². The van der Waals surface area contributed by atoms with Gasteiger partial charge in [-0.05, 0) is 59.2 Å². The highest BCUT2D eigenvalue weighted by atomic mass is 19.1. The molecule has 0 bridgehead atoms. The van der Waals surface area contributed by atoms with E-state index in [0.29, 0.717) is 50.9 Å². The molecule has 41 heavy (non-hydrogen) atoms. The van der Waals surface area contributed by atoms with E-state index >= 15 is 0 Å². The van der Waals surface area contributed by atoms with Gasteiger partial charge in [-0.15, -0.1) is 0 Å². The minimum Gasteiger partial charge on any atom is -0.427 e. The molecule has 11 heteroatoms.